The molecule has 8 heteroatoms. The highest BCUT2D eigenvalue weighted by Crippen LogP contribution is 2.42. The first kappa shape index (κ1) is 14.3. The third-order valence-corrected chi connectivity index (χ3v) is 3.80. The van der Waals surface area contributed by atoms with E-state index >= 15 is 0 Å². The predicted octanol–water partition coefficient (Wildman–Crippen LogP) is 1.92. The van der Waals surface area contributed by atoms with Crippen LogP contribution in [-0.4, -0.2) is 35.3 Å². The second-order valence-corrected chi connectivity index (χ2v) is 5.10. The zero-order chi connectivity index (χ0) is 15.1. The van der Waals surface area contributed by atoms with Gasteiger partial charge in [0.05, 0.1) is 12.3 Å². The maximum Gasteiger partial charge on any atom is 0.492 e. The van der Waals surface area contributed by atoms with E-state index in [1.807, 2.05) is 12.1 Å². The number of piperidine rings is 1. The Morgan fingerprint density at radius 2 is 2.10 bits per heavy atom. The van der Waals surface area contributed by atoms with Crippen molar-refractivity contribution in [3.8, 4) is 0 Å². The first-order valence-electron chi connectivity index (χ1n) is 6.53. The Hall–Kier alpha value is -1.67. The molecule has 3 rings (SSSR count). The van der Waals surface area contributed by atoms with E-state index in [0.717, 1.165) is 16.3 Å². The fourth-order valence-corrected chi connectivity index (χ4v) is 2.74. The van der Waals surface area contributed by atoms with Gasteiger partial charge in [0.2, 0.25) is 0 Å². The van der Waals surface area contributed by atoms with Crippen LogP contribution in [0.4, 0.5) is 13.2 Å². The van der Waals surface area contributed by atoms with Gasteiger partial charge < -0.3 is 9.57 Å². The molecule has 2 aliphatic rings. The minimum Gasteiger partial charge on any atom is -0.364 e. The van der Waals surface area contributed by atoms with E-state index < -0.39 is 17.7 Å². The van der Waals surface area contributed by atoms with Gasteiger partial charge in [-0.05, 0) is 18.9 Å². The number of rotatable bonds is 1. The molecule has 0 radical (unpaired) electrons. The minimum absolute atomic E-state index is 0.178. The van der Waals surface area contributed by atoms with Gasteiger partial charge in [-0.2, -0.15) is 13.2 Å². The fraction of sp³-hybridized carbons (Fsp3) is 0.538. The van der Waals surface area contributed by atoms with Crippen LogP contribution in [0.2, 0.25) is 0 Å². The standard InChI is InChI=1S/C13H13F3N2O3/c14-13(15,16)11(19)21-18-6-3-12(4-7-18)10-9(8-20-12)2-1-5-17-10/h1-2,5H,3-4,6-8H2. The van der Waals surface area contributed by atoms with Crippen molar-refractivity contribution in [3.05, 3.63) is 29.6 Å². The van der Waals surface area contributed by atoms with Gasteiger partial charge in [0.25, 0.3) is 0 Å². The summed E-state index contributed by atoms with van der Waals surface area (Å²) in [4.78, 5) is 19.5. The summed E-state index contributed by atoms with van der Waals surface area (Å²) in [6, 6.07) is 3.74. The number of hydrogen-bond donors (Lipinski definition) is 0. The molecular weight excluding hydrogens is 289 g/mol. The van der Waals surface area contributed by atoms with Gasteiger partial charge in [-0.15, -0.1) is 5.06 Å². The van der Waals surface area contributed by atoms with Crippen LogP contribution in [0.25, 0.3) is 0 Å². The quantitative estimate of drug-likeness (QED) is 0.793. The molecule has 1 saturated heterocycles. The Morgan fingerprint density at radius 1 is 1.38 bits per heavy atom. The lowest BCUT2D eigenvalue weighted by atomic mass is 9.88. The number of fused-ring (bicyclic) bond motifs is 2. The SMILES string of the molecule is O=C(ON1CCC2(CC1)OCc1cccnc12)C(F)(F)F. The summed E-state index contributed by atoms with van der Waals surface area (Å²) in [7, 11) is 0. The molecule has 0 aliphatic carbocycles. The van der Waals surface area contributed by atoms with Crippen molar-refractivity contribution in [1.29, 1.82) is 0 Å². The average molecular weight is 302 g/mol. The largest absolute Gasteiger partial charge is 0.492 e. The van der Waals surface area contributed by atoms with E-state index in [1.165, 1.54) is 0 Å². The highest BCUT2D eigenvalue weighted by Gasteiger charge is 2.47. The smallest absolute Gasteiger partial charge is 0.364 e. The van der Waals surface area contributed by atoms with E-state index in [4.69, 9.17) is 4.74 Å². The summed E-state index contributed by atoms with van der Waals surface area (Å²) in [6.07, 6.45) is -2.44. The van der Waals surface area contributed by atoms with Crippen LogP contribution in [0.15, 0.2) is 18.3 Å². The molecule has 0 aromatic carbocycles. The van der Waals surface area contributed by atoms with Crippen molar-refractivity contribution in [2.75, 3.05) is 13.1 Å². The third-order valence-electron chi connectivity index (χ3n) is 3.80. The summed E-state index contributed by atoms with van der Waals surface area (Å²) in [5.74, 6) is -2.19. The van der Waals surface area contributed by atoms with Crippen LogP contribution < -0.4 is 0 Å². The van der Waals surface area contributed by atoms with Crippen molar-refractivity contribution < 1.29 is 27.5 Å². The Kier molecular flexibility index (Phi) is 3.37. The number of aromatic nitrogens is 1. The molecule has 114 valence electrons. The minimum atomic E-state index is -4.98. The third kappa shape index (κ3) is 2.60. The van der Waals surface area contributed by atoms with Crippen LogP contribution in [0, 0.1) is 0 Å². The van der Waals surface area contributed by atoms with Gasteiger partial charge in [-0.1, -0.05) is 6.07 Å². The molecule has 1 aromatic heterocycles. The number of nitrogens with zero attached hydrogens (tertiary/aromatic N) is 2. The maximum absolute atomic E-state index is 12.2. The van der Waals surface area contributed by atoms with E-state index in [0.29, 0.717) is 19.4 Å². The predicted molar refractivity (Wildman–Crippen MR) is 63.7 cm³/mol. The maximum atomic E-state index is 12.2. The van der Waals surface area contributed by atoms with Gasteiger partial charge in [0.1, 0.15) is 5.60 Å². The Morgan fingerprint density at radius 3 is 2.76 bits per heavy atom. The molecule has 1 aromatic rings. The summed E-state index contributed by atoms with van der Waals surface area (Å²) in [6.45, 7) is 0.807. The second-order valence-electron chi connectivity index (χ2n) is 5.10. The Bertz CT molecular complexity index is 554. The average Bonchev–Trinajstić information content (AvgIpc) is 2.80. The lowest BCUT2D eigenvalue weighted by molar-refractivity contribution is -0.249. The molecule has 3 heterocycles. The van der Waals surface area contributed by atoms with E-state index in [2.05, 4.69) is 9.82 Å². The molecule has 0 bridgehead atoms. The first-order chi connectivity index (χ1) is 9.91. The van der Waals surface area contributed by atoms with Gasteiger partial charge in [-0.3, -0.25) is 4.98 Å². The summed E-state index contributed by atoms with van der Waals surface area (Å²) < 4.78 is 42.3. The molecule has 0 saturated carbocycles. The number of ether oxygens (including phenoxy) is 1. The van der Waals surface area contributed by atoms with Crippen molar-refractivity contribution in [1.82, 2.24) is 10.0 Å². The van der Waals surface area contributed by atoms with E-state index in [9.17, 15) is 18.0 Å². The molecule has 2 aliphatic heterocycles. The zero-order valence-electron chi connectivity index (χ0n) is 11.0. The van der Waals surface area contributed by atoms with Gasteiger partial charge in [0.15, 0.2) is 0 Å². The summed E-state index contributed by atoms with van der Waals surface area (Å²) in [5, 5.41) is 1.03. The van der Waals surface area contributed by atoms with Crippen molar-refractivity contribution in [2.24, 2.45) is 0 Å². The number of carbonyl (C=O) groups excluding carboxylic acids is 1. The number of alkyl halides is 3. The van der Waals surface area contributed by atoms with Crippen LogP contribution in [0.3, 0.4) is 0 Å². The van der Waals surface area contributed by atoms with Gasteiger partial charge in [0, 0.05) is 24.8 Å². The van der Waals surface area contributed by atoms with Gasteiger partial charge in [-0.25, -0.2) is 4.79 Å². The fourth-order valence-electron chi connectivity index (χ4n) is 2.74. The highest BCUT2D eigenvalue weighted by atomic mass is 19.4. The van der Waals surface area contributed by atoms with Crippen LogP contribution in [0.1, 0.15) is 24.1 Å². The van der Waals surface area contributed by atoms with Crippen molar-refractivity contribution in [2.45, 2.75) is 31.2 Å². The highest BCUT2D eigenvalue weighted by molar-refractivity contribution is 5.75. The topological polar surface area (TPSA) is 51.7 Å². The number of pyridine rings is 1. The molecule has 1 fully saturated rings. The molecule has 0 atom stereocenters. The van der Waals surface area contributed by atoms with Crippen LogP contribution in [-0.2, 0) is 26.6 Å². The monoisotopic (exact) mass is 302 g/mol. The zero-order valence-corrected chi connectivity index (χ0v) is 11.0. The summed E-state index contributed by atoms with van der Waals surface area (Å²) >= 11 is 0. The molecule has 5 nitrogen and oxygen atoms in total. The molecular formula is C13H13F3N2O3. The van der Waals surface area contributed by atoms with Crippen molar-refractivity contribution in [3.63, 3.8) is 0 Å². The van der Waals surface area contributed by atoms with E-state index in [-0.39, 0.29) is 13.1 Å². The molecule has 0 unspecified atom stereocenters. The molecule has 0 N–H and O–H groups in total. The Labute approximate surface area is 118 Å². The first-order valence-corrected chi connectivity index (χ1v) is 6.53. The van der Waals surface area contributed by atoms with Crippen LogP contribution >= 0.6 is 0 Å². The molecule has 0 amide bonds. The summed E-state index contributed by atoms with van der Waals surface area (Å²) in [5.41, 5.74) is 1.27. The number of halogens is 3. The lowest BCUT2D eigenvalue weighted by Gasteiger charge is -2.37. The Balaban J connectivity index is 1.65. The molecule has 1 spiro atoms. The van der Waals surface area contributed by atoms with Crippen molar-refractivity contribution >= 4 is 5.97 Å². The molecule has 21 heavy (non-hydrogen) atoms. The van der Waals surface area contributed by atoms with Crippen LogP contribution in [0.5, 0.6) is 0 Å². The normalized spacial score (nSPS) is 21.3. The number of carbonyl (C=O) groups is 1. The van der Waals surface area contributed by atoms with E-state index in [1.54, 1.807) is 6.20 Å². The lowest BCUT2D eigenvalue weighted by Crippen LogP contribution is -2.45. The number of hydrogen-bond acceptors (Lipinski definition) is 5. The van der Waals surface area contributed by atoms with Gasteiger partial charge >= 0.3 is 12.1 Å². The number of hydroxylamine groups is 2. The second kappa shape index (κ2) is 4.96.